The summed E-state index contributed by atoms with van der Waals surface area (Å²) in [7, 11) is 2.18. The van der Waals surface area contributed by atoms with Crippen molar-refractivity contribution in [3.63, 3.8) is 0 Å². The number of rotatable bonds is 4. The number of nitrogens with zero attached hydrogens (tertiary/aromatic N) is 7. The summed E-state index contributed by atoms with van der Waals surface area (Å²) in [6.45, 7) is 6.16. The minimum Gasteiger partial charge on any atom is -0.367 e. The number of fused-ring (bicyclic) bond motifs is 1. The van der Waals surface area contributed by atoms with Crippen LogP contribution < -0.4 is 9.80 Å². The fraction of sp³-hybridized carbons (Fsp3) is 0.286. The van der Waals surface area contributed by atoms with E-state index in [0.717, 1.165) is 54.2 Å². The Labute approximate surface area is 173 Å². The number of hydrogen-bond donors (Lipinski definition) is 0. The minimum absolute atomic E-state index is 0.817. The van der Waals surface area contributed by atoms with Crippen LogP contribution in [-0.2, 0) is 0 Å². The van der Waals surface area contributed by atoms with E-state index in [4.69, 9.17) is 4.98 Å². The fourth-order valence-electron chi connectivity index (χ4n) is 3.73. The molecule has 4 aromatic rings. The smallest absolute Gasteiger partial charge is 0.195 e. The summed E-state index contributed by atoms with van der Waals surface area (Å²) in [6, 6.07) is 12.5. The molecule has 148 valence electrons. The largest absolute Gasteiger partial charge is 0.367 e. The van der Waals surface area contributed by atoms with Gasteiger partial charge in [0, 0.05) is 43.8 Å². The topological polar surface area (TPSA) is 52.8 Å². The summed E-state index contributed by atoms with van der Waals surface area (Å²) in [6.07, 6.45) is 3.61. The molecule has 3 aromatic heterocycles. The molecule has 0 saturated carbocycles. The third-order valence-corrected chi connectivity index (χ3v) is 6.21. The Hall–Kier alpha value is -2.97. The van der Waals surface area contributed by atoms with E-state index in [1.807, 2.05) is 29.8 Å². The van der Waals surface area contributed by atoms with Crippen LogP contribution in [0.4, 0.5) is 22.3 Å². The Morgan fingerprint density at radius 2 is 1.83 bits per heavy atom. The summed E-state index contributed by atoms with van der Waals surface area (Å²) in [5.74, 6) is 0.927. The molecule has 29 heavy (non-hydrogen) atoms. The van der Waals surface area contributed by atoms with Gasteiger partial charge in [-0.05, 0) is 32.2 Å². The zero-order valence-corrected chi connectivity index (χ0v) is 17.4. The van der Waals surface area contributed by atoms with Crippen molar-refractivity contribution in [1.82, 2.24) is 24.5 Å². The average molecular weight is 406 g/mol. The lowest BCUT2D eigenvalue weighted by molar-refractivity contribution is 0.313. The van der Waals surface area contributed by atoms with E-state index < -0.39 is 0 Å². The number of aromatic nitrogens is 4. The molecule has 5 rings (SSSR count). The first-order chi connectivity index (χ1) is 14.2. The molecular weight excluding hydrogens is 382 g/mol. The van der Waals surface area contributed by atoms with Crippen molar-refractivity contribution in [2.45, 2.75) is 6.92 Å². The maximum atomic E-state index is 4.81. The molecule has 0 N–H and O–H groups in total. The van der Waals surface area contributed by atoms with E-state index in [1.165, 1.54) is 5.69 Å². The third-order valence-electron chi connectivity index (χ3n) is 5.26. The average Bonchev–Trinajstić information content (AvgIpc) is 3.39. The molecular formula is C21H23N7S. The van der Waals surface area contributed by atoms with Gasteiger partial charge in [-0.1, -0.05) is 12.1 Å². The van der Waals surface area contributed by atoms with E-state index >= 15 is 0 Å². The molecule has 0 amide bonds. The number of benzene rings is 1. The molecule has 1 aromatic carbocycles. The van der Waals surface area contributed by atoms with E-state index in [0.29, 0.717) is 0 Å². The van der Waals surface area contributed by atoms with Gasteiger partial charge in [-0.15, -0.1) is 11.3 Å². The van der Waals surface area contributed by atoms with E-state index in [-0.39, 0.29) is 0 Å². The monoisotopic (exact) mass is 405 g/mol. The summed E-state index contributed by atoms with van der Waals surface area (Å²) in [5, 5.41) is 7.53. The first kappa shape index (κ1) is 18.1. The quantitative estimate of drug-likeness (QED) is 0.516. The third kappa shape index (κ3) is 3.34. The first-order valence-electron chi connectivity index (χ1n) is 9.74. The van der Waals surface area contributed by atoms with Gasteiger partial charge in [-0.25, -0.2) is 9.97 Å². The Morgan fingerprint density at radius 1 is 1.00 bits per heavy atom. The molecule has 1 saturated heterocycles. The van der Waals surface area contributed by atoms with Gasteiger partial charge in [0.1, 0.15) is 5.82 Å². The molecule has 1 aliphatic heterocycles. The molecule has 0 aliphatic carbocycles. The van der Waals surface area contributed by atoms with Crippen molar-refractivity contribution in [1.29, 1.82) is 0 Å². The van der Waals surface area contributed by atoms with Gasteiger partial charge < -0.3 is 9.80 Å². The van der Waals surface area contributed by atoms with E-state index in [2.05, 4.69) is 61.5 Å². The number of para-hydroxylation sites is 2. The number of piperazine rings is 1. The maximum absolute atomic E-state index is 4.81. The number of thiazole rings is 1. The highest BCUT2D eigenvalue weighted by molar-refractivity contribution is 7.13. The number of likely N-dealkylation sites (N-methyl/N-ethyl adjacent to an activating group) is 1. The molecule has 0 unspecified atom stereocenters. The van der Waals surface area contributed by atoms with Crippen LogP contribution in [0, 0.1) is 6.92 Å². The summed E-state index contributed by atoms with van der Waals surface area (Å²) in [4.78, 5) is 16.3. The van der Waals surface area contributed by atoms with Crippen LogP contribution in [-0.4, -0.2) is 57.7 Å². The second-order valence-electron chi connectivity index (χ2n) is 7.29. The molecule has 0 spiro atoms. The molecule has 1 aliphatic rings. The normalized spacial score (nSPS) is 15.2. The molecule has 0 radical (unpaired) electrons. The lowest BCUT2D eigenvalue weighted by Gasteiger charge is -2.36. The Balaban J connectivity index is 1.68. The van der Waals surface area contributed by atoms with Crippen molar-refractivity contribution in [3.05, 3.63) is 59.9 Å². The second-order valence-corrected chi connectivity index (χ2v) is 8.13. The Morgan fingerprint density at radius 3 is 2.62 bits per heavy atom. The highest BCUT2D eigenvalue weighted by atomic mass is 32.1. The second kappa shape index (κ2) is 7.46. The van der Waals surface area contributed by atoms with Gasteiger partial charge in [0.15, 0.2) is 10.8 Å². The number of aryl methyl sites for hydroxylation is 1. The Kier molecular flexibility index (Phi) is 4.65. The van der Waals surface area contributed by atoms with Crippen molar-refractivity contribution in [2.75, 3.05) is 43.0 Å². The summed E-state index contributed by atoms with van der Waals surface area (Å²) < 4.78 is 1.87. The van der Waals surface area contributed by atoms with Gasteiger partial charge in [-0.3, -0.25) is 4.90 Å². The molecule has 0 bridgehead atoms. The molecule has 1 fully saturated rings. The van der Waals surface area contributed by atoms with Gasteiger partial charge in [-0.2, -0.15) is 9.61 Å². The summed E-state index contributed by atoms with van der Waals surface area (Å²) >= 11 is 1.64. The lowest BCUT2D eigenvalue weighted by atomic mass is 10.2. The number of anilines is 4. The van der Waals surface area contributed by atoms with Crippen LogP contribution in [0.25, 0.3) is 5.65 Å². The van der Waals surface area contributed by atoms with Crippen LogP contribution in [0.5, 0.6) is 0 Å². The standard InChI is InChI=1S/C21H23N7S/c1-16-15-29-21(24-16)27(20-8-9-22-19-7-10-23-28(19)20)18-6-4-3-5-17(18)26-13-11-25(2)12-14-26/h3-10,15H,11-14H2,1-2H3. The minimum atomic E-state index is 0.817. The predicted molar refractivity (Wildman–Crippen MR) is 118 cm³/mol. The van der Waals surface area contributed by atoms with Crippen LogP contribution >= 0.6 is 11.3 Å². The highest BCUT2D eigenvalue weighted by Crippen LogP contribution is 2.41. The first-order valence-corrected chi connectivity index (χ1v) is 10.6. The predicted octanol–water partition coefficient (Wildman–Crippen LogP) is 3.72. The van der Waals surface area contributed by atoms with Gasteiger partial charge >= 0.3 is 0 Å². The van der Waals surface area contributed by atoms with Gasteiger partial charge in [0.25, 0.3) is 0 Å². The lowest BCUT2D eigenvalue weighted by Crippen LogP contribution is -2.44. The van der Waals surface area contributed by atoms with E-state index in [1.54, 1.807) is 17.5 Å². The maximum Gasteiger partial charge on any atom is 0.195 e. The van der Waals surface area contributed by atoms with Gasteiger partial charge in [0.2, 0.25) is 0 Å². The summed E-state index contributed by atoms with van der Waals surface area (Å²) in [5.41, 5.74) is 4.15. The van der Waals surface area contributed by atoms with Crippen LogP contribution in [0.3, 0.4) is 0 Å². The van der Waals surface area contributed by atoms with Crippen LogP contribution in [0.1, 0.15) is 5.69 Å². The number of hydrogen-bond acceptors (Lipinski definition) is 7. The van der Waals surface area contributed by atoms with Crippen molar-refractivity contribution < 1.29 is 0 Å². The highest BCUT2D eigenvalue weighted by Gasteiger charge is 2.24. The SMILES string of the molecule is Cc1csc(N(c2ccccc2N2CCN(C)CC2)c2ccnc3ccnn23)n1. The molecule has 7 nitrogen and oxygen atoms in total. The van der Waals surface area contributed by atoms with E-state index in [9.17, 15) is 0 Å². The zero-order valence-electron chi connectivity index (χ0n) is 16.6. The fourth-order valence-corrected chi connectivity index (χ4v) is 4.55. The zero-order chi connectivity index (χ0) is 19.8. The molecule has 8 heteroatoms. The van der Waals surface area contributed by atoms with Crippen LogP contribution in [0.2, 0.25) is 0 Å². The Bertz CT molecular complexity index is 1130. The van der Waals surface area contributed by atoms with Crippen molar-refractivity contribution >= 4 is 39.3 Å². The van der Waals surface area contributed by atoms with Crippen molar-refractivity contribution in [2.24, 2.45) is 0 Å². The van der Waals surface area contributed by atoms with Crippen molar-refractivity contribution in [3.8, 4) is 0 Å². The van der Waals surface area contributed by atoms with Gasteiger partial charge in [0.05, 0.1) is 23.3 Å². The molecule has 0 atom stereocenters. The van der Waals surface area contributed by atoms with Crippen LogP contribution in [0.15, 0.2) is 54.2 Å². The molecule has 4 heterocycles.